The number of benzene rings is 1. The molecule has 0 fully saturated rings. The Kier molecular flexibility index (Phi) is 4.60. The van der Waals surface area contributed by atoms with E-state index in [1.165, 1.54) is 9.58 Å². The molecule has 4 rings (SSSR count). The summed E-state index contributed by atoms with van der Waals surface area (Å²) in [5.74, 6) is 1.34. The van der Waals surface area contributed by atoms with Crippen LogP contribution in [0.25, 0.3) is 10.1 Å². The lowest BCUT2D eigenvalue weighted by atomic mass is 10.3. The van der Waals surface area contributed by atoms with Gasteiger partial charge in [-0.1, -0.05) is 17.7 Å². The van der Waals surface area contributed by atoms with Crippen molar-refractivity contribution in [1.82, 2.24) is 9.97 Å². The molecule has 0 saturated heterocycles. The third kappa shape index (κ3) is 3.71. The van der Waals surface area contributed by atoms with Crippen LogP contribution in [0.2, 0.25) is 5.02 Å². The summed E-state index contributed by atoms with van der Waals surface area (Å²) in [6.07, 6.45) is 3.68. The second-order valence-electron chi connectivity index (χ2n) is 5.75. The summed E-state index contributed by atoms with van der Waals surface area (Å²) in [6, 6.07) is 15.3. The normalized spacial score (nSPS) is 10.8. The fourth-order valence-electron chi connectivity index (χ4n) is 2.59. The average molecular weight is 382 g/mol. The van der Waals surface area contributed by atoms with Crippen molar-refractivity contribution in [1.29, 1.82) is 0 Å². The van der Waals surface area contributed by atoms with Crippen molar-refractivity contribution >= 4 is 56.0 Å². The Balaban J connectivity index is 1.50. The Bertz CT molecular complexity index is 1030. The van der Waals surface area contributed by atoms with E-state index in [1.807, 2.05) is 48.7 Å². The molecule has 3 aromatic heterocycles. The molecule has 0 bridgehead atoms. The van der Waals surface area contributed by atoms with Crippen molar-refractivity contribution in [2.75, 3.05) is 16.4 Å². The van der Waals surface area contributed by atoms with Crippen LogP contribution in [0.1, 0.15) is 4.88 Å². The number of nitrogens with zero attached hydrogens (tertiary/aromatic N) is 2. The number of rotatable bonds is 5. The van der Waals surface area contributed by atoms with Crippen LogP contribution in [0.4, 0.5) is 23.0 Å². The van der Waals surface area contributed by atoms with Gasteiger partial charge in [-0.3, -0.25) is 4.98 Å². The molecule has 5 nitrogen and oxygen atoms in total. The minimum atomic E-state index is 0.601. The summed E-state index contributed by atoms with van der Waals surface area (Å²) in [5, 5.41) is 8.37. The predicted octanol–water partition coefficient (Wildman–Crippen LogP) is 5.28. The summed E-state index contributed by atoms with van der Waals surface area (Å²) in [6.45, 7) is 0.650. The van der Waals surface area contributed by atoms with Crippen LogP contribution in [-0.2, 0) is 6.54 Å². The summed E-state index contributed by atoms with van der Waals surface area (Å²) < 4.78 is 1.22. The minimum absolute atomic E-state index is 0.601. The molecule has 0 radical (unpaired) electrons. The molecule has 0 atom stereocenters. The zero-order chi connectivity index (χ0) is 17.9. The Labute approximate surface area is 159 Å². The molecule has 26 heavy (non-hydrogen) atoms. The molecule has 0 aliphatic rings. The molecule has 3 heterocycles. The van der Waals surface area contributed by atoms with Crippen molar-refractivity contribution in [3.63, 3.8) is 0 Å². The van der Waals surface area contributed by atoms with Gasteiger partial charge in [0.1, 0.15) is 5.82 Å². The van der Waals surface area contributed by atoms with Gasteiger partial charge in [0, 0.05) is 38.1 Å². The van der Waals surface area contributed by atoms with Crippen LogP contribution >= 0.6 is 22.9 Å². The first-order valence-corrected chi connectivity index (χ1v) is 9.22. The molecule has 4 aromatic rings. The van der Waals surface area contributed by atoms with Crippen LogP contribution in [0.3, 0.4) is 0 Å². The SMILES string of the molecule is Nc1ccc(Nc2cccc(Cl)c2)nc1NCc1cc2cnccc2s1. The topological polar surface area (TPSA) is 75.9 Å². The molecular weight excluding hydrogens is 366 g/mol. The summed E-state index contributed by atoms with van der Waals surface area (Å²) in [7, 11) is 0. The van der Waals surface area contributed by atoms with E-state index >= 15 is 0 Å². The third-order valence-corrected chi connectivity index (χ3v) is 5.17. The van der Waals surface area contributed by atoms with Gasteiger partial charge in [0.2, 0.25) is 0 Å². The predicted molar refractivity (Wildman–Crippen MR) is 110 cm³/mol. The number of halogens is 1. The minimum Gasteiger partial charge on any atom is -0.396 e. The Morgan fingerprint density at radius 1 is 1.12 bits per heavy atom. The molecule has 130 valence electrons. The molecule has 0 spiro atoms. The van der Waals surface area contributed by atoms with Gasteiger partial charge in [-0.15, -0.1) is 11.3 Å². The third-order valence-electron chi connectivity index (χ3n) is 3.82. The molecule has 0 aliphatic carbocycles. The van der Waals surface area contributed by atoms with Gasteiger partial charge < -0.3 is 16.4 Å². The molecule has 7 heteroatoms. The molecule has 0 saturated carbocycles. The number of nitrogens with one attached hydrogen (secondary N) is 2. The van der Waals surface area contributed by atoms with Gasteiger partial charge in [-0.05, 0) is 42.5 Å². The molecule has 0 unspecified atom stereocenters. The van der Waals surface area contributed by atoms with E-state index in [-0.39, 0.29) is 0 Å². The Hall–Kier alpha value is -2.83. The van der Waals surface area contributed by atoms with Gasteiger partial charge >= 0.3 is 0 Å². The van der Waals surface area contributed by atoms with E-state index in [2.05, 4.69) is 26.7 Å². The largest absolute Gasteiger partial charge is 0.396 e. The first kappa shape index (κ1) is 16.6. The molecule has 1 aromatic carbocycles. The van der Waals surface area contributed by atoms with Crippen molar-refractivity contribution in [3.8, 4) is 0 Å². The van der Waals surface area contributed by atoms with Crippen molar-refractivity contribution in [2.45, 2.75) is 6.54 Å². The van der Waals surface area contributed by atoms with E-state index in [0.717, 1.165) is 11.1 Å². The Morgan fingerprint density at radius 3 is 2.88 bits per heavy atom. The maximum atomic E-state index is 6.07. The lowest BCUT2D eigenvalue weighted by molar-refractivity contribution is 1.14. The van der Waals surface area contributed by atoms with E-state index < -0.39 is 0 Å². The first-order chi connectivity index (χ1) is 12.7. The smallest absolute Gasteiger partial charge is 0.151 e. The van der Waals surface area contributed by atoms with Gasteiger partial charge in [-0.25, -0.2) is 4.98 Å². The van der Waals surface area contributed by atoms with Crippen LogP contribution in [0.5, 0.6) is 0 Å². The summed E-state index contributed by atoms with van der Waals surface area (Å²) >= 11 is 7.75. The number of hydrogen-bond acceptors (Lipinski definition) is 6. The van der Waals surface area contributed by atoms with Gasteiger partial charge in [-0.2, -0.15) is 0 Å². The highest BCUT2D eigenvalue weighted by Gasteiger charge is 2.06. The zero-order valence-corrected chi connectivity index (χ0v) is 15.3. The number of thiophene rings is 1. The number of fused-ring (bicyclic) bond motifs is 1. The highest BCUT2D eigenvalue weighted by Crippen LogP contribution is 2.27. The second-order valence-corrected chi connectivity index (χ2v) is 7.35. The fraction of sp³-hybridized carbons (Fsp3) is 0.0526. The standard InChI is InChI=1S/C19H16ClN5S/c20-13-2-1-3-14(9-13)24-18-5-4-16(21)19(25-18)23-11-15-8-12-10-22-7-6-17(12)26-15/h1-10H,11,21H2,(H2,23,24,25). The lowest BCUT2D eigenvalue weighted by Crippen LogP contribution is -2.05. The summed E-state index contributed by atoms with van der Waals surface area (Å²) in [4.78, 5) is 9.92. The van der Waals surface area contributed by atoms with E-state index in [1.54, 1.807) is 17.5 Å². The van der Waals surface area contributed by atoms with Crippen LogP contribution in [0.15, 0.2) is 60.9 Å². The van der Waals surface area contributed by atoms with Crippen molar-refractivity contribution in [2.24, 2.45) is 0 Å². The van der Waals surface area contributed by atoms with Gasteiger partial charge in [0.25, 0.3) is 0 Å². The second kappa shape index (κ2) is 7.19. The molecule has 0 amide bonds. The van der Waals surface area contributed by atoms with Crippen molar-refractivity contribution < 1.29 is 0 Å². The van der Waals surface area contributed by atoms with Crippen LogP contribution in [-0.4, -0.2) is 9.97 Å². The summed E-state index contributed by atoms with van der Waals surface area (Å²) in [5.41, 5.74) is 7.54. The lowest BCUT2D eigenvalue weighted by Gasteiger charge is -2.11. The monoisotopic (exact) mass is 381 g/mol. The first-order valence-electron chi connectivity index (χ1n) is 8.03. The van der Waals surface area contributed by atoms with E-state index in [0.29, 0.717) is 28.9 Å². The number of nitrogens with two attached hydrogens (primary N) is 1. The fourth-order valence-corrected chi connectivity index (χ4v) is 3.75. The number of hydrogen-bond donors (Lipinski definition) is 3. The molecule has 0 aliphatic heterocycles. The quantitative estimate of drug-likeness (QED) is 0.438. The van der Waals surface area contributed by atoms with Crippen molar-refractivity contribution in [3.05, 3.63) is 70.8 Å². The maximum absolute atomic E-state index is 6.07. The number of pyridine rings is 2. The average Bonchev–Trinajstić information content (AvgIpc) is 3.05. The highest BCUT2D eigenvalue weighted by molar-refractivity contribution is 7.19. The van der Waals surface area contributed by atoms with Gasteiger partial charge in [0.05, 0.1) is 12.2 Å². The van der Waals surface area contributed by atoms with E-state index in [4.69, 9.17) is 17.3 Å². The zero-order valence-electron chi connectivity index (χ0n) is 13.7. The molecular formula is C19H16ClN5S. The van der Waals surface area contributed by atoms with E-state index in [9.17, 15) is 0 Å². The molecule has 4 N–H and O–H groups in total. The van der Waals surface area contributed by atoms with Crippen LogP contribution < -0.4 is 16.4 Å². The van der Waals surface area contributed by atoms with Gasteiger partial charge in [0.15, 0.2) is 5.82 Å². The number of nitrogen functional groups attached to an aromatic ring is 1. The maximum Gasteiger partial charge on any atom is 0.151 e. The Morgan fingerprint density at radius 2 is 2.04 bits per heavy atom. The number of anilines is 4. The van der Waals surface area contributed by atoms with Crippen LogP contribution in [0, 0.1) is 0 Å². The highest BCUT2D eigenvalue weighted by atomic mass is 35.5. The number of aromatic nitrogens is 2.